The van der Waals surface area contributed by atoms with Gasteiger partial charge in [-0.1, -0.05) is 160 Å². The normalized spacial score (nSPS) is 20.9. The summed E-state index contributed by atoms with van der Waals surface area (Å²) in [5.74, 6) is -1.07. The van der Waals surface area contributed by atoms with Crippen LogP contribution in [-0.4, -0.2) is 89.0 Å². The zero-order chi connectivity index (χ0) is 40.2. The molecule has 1 saturated heterocycles. The fourth-order valence-electron chi connectivity index (χ4n) is 6.56. The van der Waals surface area contributed by atoms with Crippen molar-refractivity contribution in [2.75, 3.05) is 19.8 Å². The predicted octanol–water partition coefficient (Wildman–Crippen LogP) is 9.11. The molecule has 0 amide bonds. The smallest absolute Gasteiger partial charge is 0.331 e. The van der Waals surface area contributed by atoms with Gasteiger partial charge in [0, 0.05) is 12.5 Å². The van der Waals surface area contributed by atoms with Crippen LogP contribution in [0.4, 0.5) is 0 Å². The third-order valence-electron chi connectivity index (χ3n) is 10.1. The fraction of sp³-hybridized carbons (Fsp3) is 0.822. The summed E-state index contributed by atoms with van der Waals surface area (Å²) >= 11 is 0. The van der Waals surface area contributed by atoms with Gasteiger partial charge in [-0.15, -0.1) is 0 Å². The first kappa shape index (κ1) is 50.9. The topological polar surface area (TPSA) is 152 Å². The van der Waals surface area contributed by atoms with Gasteiger partial charge in [0.25, 0.3) is 0 Å². The van der Waals surface area contributed by atoms with E-state index in [-0.39, 0.29) is 19.6 Å². The molecule has 0 aliphatic carbocycles. The van der Waals surface area contributed by atoms with E-state index in [2.05, 4.69) is 26.0 Å². The van der Waals surface area contributed by atoms with Gasteiger partial charge in [-0.2, -0.15) is 0 Å². The van der Waals surface area contributed by atoms with Crippen molar-refractivity contribution in [3.05, 3.63) is 36.5 Å². The Morgan fingerprint density at radius 2 is 1.09 bits per heavy atom. The summed E-state index contributed by atoms with van der Waals surface area (Å²) in [6.07, 6.45) is 33.5. The molecule has 0 radical (unpaired) electrons. The molecule has 0 aromatic heterocycles. The van der Waals surface area contributed by atoms with Gasteiger partial charge in [-0.25, -0.2) is 4.79 Å². The molecule has 0 saturated carbocycles. The molecule has 1 heterocycles. The Balaban J connectivity index is 2.40. The monoisotopic (exact) mass is 781 g/mol. The van der Waals surface area contributed by atoms with Crippen molar-refractivity contribution in [3.8, 4) is 0 Å². The van der Waals surface area contributed by atoms with Crippen LogP contribution in [-0.2, 0) is 28.5 Å². The van der Waals surface area contributed by atoms with Crippen LogP contribution in [0.2, 0.25) is 0 Å². The van der Waals surface area contributed by atoms with Crippen molar-refractivity contribution < 1.29 is 49.0 Å². The number of carbonyl (C=O) groups excluding carboxylic acids is 2. The second-order valence-corrected chi connectivity index (χ2v) is 15.2. The Kier molecular flexibility index (Phi) is 33.6. The van der Waals surface area contributed by atoms with Crippen molar-refractivity contribution in [2.24, 2.45) is 0 Å². The second kappa shape index (κ2) is 36.3. The van der Waals surface area contributed by atoms with Crippen molar-refractivity contribution in [1.82, 2.24) is 0 Å². The highest BCUT2D eigenvalue weighted by Crippen LogP contribution is 2.22. The lowest BCUT2D eigenvalue weighted by Gasteiger charge is -2.39. The number of aliphatic hydroxyl groups is 4. The van der Waals surface area contributed by atoms with Gasteiger partial charge in [0.15, 0.2) is 12.4 Å². The summed E-state index contributed by atoms with van der Waals surface area (Å²) in [5, 5.41) is 40.0. The van der Waals surface area contributed by atoms with Crippen LogP contribution in [0.1, 0.15) is 181 Å². The predicted molar refractivity (Wildman–Crippen MR) is 219 cm³/mol. The molecule has 0 spiro atoms. The van der Waals surface area contributed by atoms with Gasteiger partial charge in [-0.3, -0.25) is 4.79 Å². The molecule has 1 rings (SSSR count). The number of unbranched alkanes of at least 4 members (excludes halogenated alkanes) is 22. The van der Waals surface area contributed by atoms with Crippen molar-refractivity contribution >= 4 is 11.9 Å². The lowest BCUT2D eigenvalue weighted by molar-refractivity contribution is -0.305. The second-order valence-electron chi connectivity index (χ2n) is 15.2. The molecule has 1 aliphatic heterocycles. The van der Waals surface area contributed by atoms with E-state index in [1.807, 2.05) is 12.2 Å². The lowest BCUT2D eigenvalue weighted by Crippen LogP contribution is -2.59. The Bertz CT molecular complexity index is 996. The molecule has 0 aromatic rings. The molecule has 1 fully saturated rings. The molecule has 0 aromatic carbocycles. The third kappa shape index (κ3) is 28.0. The number of hydrogen-bond acceptors (Lipinski definition) is 10. The summed E-state index contributed by atoms with van der Waals surface area (Å²) < 4.78 is 21.9. The molecular weight excluding hydrogens is 700 g/mol. The number of hydrogen-bond donors (Lipinski definition) is 4. The van der Waals surface area contributed by atoms with E-state index in [1.165, 1.54) is 115 Å². The zero-order valence-corrected chi connectivity index (χ0v) is 34.7. The van der Waals surface area contributed by atoms with Gasteiger partial charge >= 0.3 is 11.9 Å². The minimum Gasteiger partial charge on any atom is -0.462 e. The molecule has 1 aliphatic rings. The van der Waals surface area contributed by atoms with Crippen molar-refractivity contribution in [3.63, 3.8) is 0 Å². The Morgan fingerprint density at radius 3 is 1.62 bits per heavy atom. The van der Waals surface area contributed by atoms with Gasteiger partial charge in [0.1, 0.15) is 31.0 Å². The maximum atomic E-state index is 12.6. The number of aliphatic hydroxyl groups excluding tert-OH is 4. The summed E-state index contributed by atoms with van der Waals surface area (Å²) in [7, 11) is 0. The number of ether oxygens (including phenoxy) is 4. The van der Waals surface area contributed by atoms with Crippen molar-refractivity contribution in [1.29, 1.82) is 0 Å². The van der Waals surface area contributed by atoms with Crippen LogP contribution in [0.3, 0.4) is 0 Å². The van der Waals surface area contributed by atoms with E-state index in [1.54, 1.807) is 6.08 Å². The number of carbonyl (C=O) groups is 2. The van der Waals surface area contributed by atoms with Crippen LogP contribution in [0.5, 0.6) is 0 Å². The third-order valence-corrected chi connectivity index (χ3v) is 10.1. The van der Waals surface area contributed by atoms with E-state index in [0.717, 1.165) is 44.9 Å². The van der Waals surface area contributed by atoms with Crippen LogP contribution >= 0.6 is 0 Å². The van der Waals surface area contributed by atoms with Crippen LogP contribution in [0, 0.1) is 0 Å². The molecule has 10 nitrogen and oxygen atoms in total. The standard InChI is InChI=1S/C45H80O10/c1-3-5-7-9-11-13-15-17-19-21-23-25-27-29-31-33-40(47)52-36-38(37-53-45-44(51)43(50)42(49)39(35-46)55-45)54-41(48)34-32-30-28-26-24-22-20-18-16-14-12-10-8-6-4-2/h17,19,28,30,32,34,38-39,42-46,49-51H,3-16,18,20-27,29,31,33,35-37H2,1-2H3/b19-17+,30-28+,34-32+/t38-,39-,42+,43?,44?,45-/m0/s1. The van der Waals surface area contributed by atoms with E-state index in [4.69, 9.17) is 18.9 Å². The maximum Gasteiger partial charge on any atom is 0.331 e. The minimum absolute atomic E-state index is 0.246. The zero-order valence-electron chi connectivity index (χ0n) is 34.7. The Labute approximate surface area is 334 Å². The minimum atomic E-state index is -1.61. The van der Waals surface area contributed by atoms with E-state index in [9.17, 15) is 30.0 Å². The van der Waals surface area contributed by atoms with E-state index < -0.39 is 55.4 Å². The van der Waals surface area contributed by atoms with Gasteiger partial charge in [-0.05, 0) is 44.9 Å². The first-order valence-electron chi connectivity index (χ1n) is 22.1. The van der Waals surface area contributed by atoms with Crippen LogP contribution < -0.4 is 0 Å². The average molecular weight is 781 g/mol. The SMILES string of the molecule is CCCCCCCC/C=C/CCCCCCCC(=O)OC[C@@H](CO[C@H]1O[C@@H](CO)[C@@H](O)C(O)C1O)OC(=O)/C=C/C=C/CCCCCCCCCCCCC. The van der Waals surface area contributed by atoms with Gasteiger partial charge < -0.3 is 39.4 Å². The molecule has 55 heavy (non-hydrogen) atoms. The maximum absolute atomic E-state index is 12.6. The highest BCUT2D eigenvalue weighted by molar-refractivity contribution is 5.82. The Morgan fingerprint density at radius 1 is 0.600 bits per heavy atom. The molecule has 320 valence electrons. The molecule has 0 bridgehead atoms. The first-order chi connectivity index (χ1) is 26.8. The fourth-order valence-corrected chi connectivity index (χ4v) is 6.56. The Hall–Kier alpha value is -2.08. The summed E-state index contributed by atoms with van der Waals surface area (Å²) in [4.78, 5) is 25.2. The number of esters is 2. The number of rotatable bonds is 36. The highest BCUT2D eigenvalue weighted by Gasteiger charge is 2.44. The summed E-state index contributed by atoms with van der Waals surface area (Å²) in [6, 6.07) is 0. The van der Waals surface area contributed by atoms with Crippen LogP contribution in [0.25, 0.3) is 0 Å². The lowest BCUT2D eigenvalue weighted by atomic mass is 9.99. The molecule has 6 atom stereocenters. The molecule has 4 N–H and O–H groups in total. The van der Waals surface area contributed by atoms with Crippen LogP contribution in [0.15, 0.2) is 36.5 Å². The molecule has 10 heteroatoms. The quantitative estimate of drug-likeness (QED) is 0.0159. The van der Waals surface area contributed by atoms with E-state index >= 15 is 0 Å². The summed E-state index contributed by atoms with van der Waals surface area (Å²) in [6.45, 7) is 3.30. The van der Waals surface area contributed by atoms with Gasteiger partial charge in [0.2, 0.25) is 0 Å². The average Bonchev–Trinajstić information content (AvgIpc) is 3.18. The highest BCUT2D eigenvalue weighted by atomic mass is 16.7. The summed E-state index contributed by atoms with van der Waals surface area (Å²) in [5.41, 5.74) is 0. The van der Waals surface area contributed by atoms with Gasteiger partial charge in [0.05, 0.1) is 13.2 Å². The molecular formula is C45H80O10. The van der Waals surface area contributed by atoms with Crippen molar-refractivity contribution in [2.45, 2.75) is 218 Å². The first-order valence-corrected chi connectivity index (χ1v) is 22.1. The molecule has 2 unspecified atom stereocenters. The number of allylic oxidation sites excluding steroid dienone is 5. The van der Waals surface area contributed by atoms with E-state index in [0.29, 0.717) is 6.42 Å². The largest absolute Gasteiger partial charge is 0.462 e.